The van der Waals surface area contributed by atoms with Crippen molar-refractivity contribution in [2.24, 2.45) is 5.73 Å². The summed E-state index contributed by atoms with van der Waals surface area (Å²) in [6.45, 7) is 15.1. The number of hydrogen-bond donors (Lipinski definition) is 1. The van der Waals surface area contributed by atoms with Gasteiger partial charge in [-0.1, -0.05) is 13.8 Å². The van der Waals surface area contributed by atoms with Crippen molar-refractivity contribution >= 4 is 0 Å². The van der Waals surface area contributed by atoms with Crippen molar-refractivity contribution in [2.45, 2.75) is 59.2 Å². The van der Waals surface area contributed by atoms with Gasteiger partial charge in [0.2, 0.25) is 0 Å². The van der Waals surface area contributed by atoms with Gasteiger partial charge in [-0.25, -0.2) is 0 Å². The van der Waals surface area contributed by atoms with Crippen LogP contribution in [0.2, 0.25) is 0 Å². The molecule has 0 aliphatic carbocycles. The lowest BCUT2D eigenvalue weighted by Gasteiger charge is -2.42. The molecule has 1 unspecified atom stereocenters. The smallest absolute Gasteiger partial charge is 0.0648 e. The maximum absolute atomic E-state index is 6.51. The van der Waals surface area contributed by atoms with E-state index >= 15 is 0 Å². The monoisotopic (exact) mass is 252 g/mol. The van der Waals surface area contributed by atoms with Crippen LogP contribution in [0.15, 0.2) is 12.3 Å². The molecule has 1 rings (SSSR count). The third-order valence-corrected chi connectivity index (χ3v) is 3.85. The predicted octanol–water partition coefficient (Wildman–Crippen LogP) is 2.58. The van der Waals surface area contributed by atoms with Crippen molar-refractivity contribution < 1.29 is 0 Å². The average molecular weight is 252 g/mol. The number of nitrogens with two attached hydrogens (primary N) is 1. The van der Waals surface area contributed by atoms with Crippen LogP contribution >= 0.6 is 0 Å². The zero-order valence-electron chi connectivity index (χ0n) is 12.6. The van der Waals surface area contributed by atoms with Crippen LogP contribution in [0, 0.1) is 0 Å². The molecule has 0 amide bonds. The van der Waals surface area contributed by atoms with Gasteiger partial charge in [0.1, 0.15) is 0 Å². The summed E-state index contributed by atoms with van der Waals surface area (Å²) < 4.78 is 2.02. The summed E-state index contributed by atoms with van der Waals surface area (Å²) in [6, 6.07) is 2.34. The first-order valence-corrected chi connectivity index (χ1v) is 6.90. The molecule has 0 bridgehead atoms. The maximum Gasteiger partial charge on any atom is 0.0648 e. The zero-order chi connectivity index (χ0) is 13.9. The van der Waals surface area contributed by atoms with E-state index < -0.39 is 0 Å². The average Bonchev–Trinajstić information content (AvgIpc) is 2.77. The Kier molecular flexibility index (Phi) is 4.93. The Morgan fingerprint density at radius 1 is 1.33 bits per heavy atom. The second-order valence-corrected chi connectivity index (χ2v) is 5.60. The lowest BCUT2D eigenvalue weighted by Crippen LogP contribution is -2.51. The molecule has 18 heavy (non-hydrogen) atoms. The Hall–Kier alpha value is -0.870. The number of nitrogens with zero attached hydrogens (tertiary/aromatic N) is 3. The molecule has 4 heteroatoms. The van der Waals surface area contributed by atoms with Gasteiger partial charge in [-0.3, -0.25) is 9.58 Å². The van der Waals surface area contributed by atoms with Gasteiger partial charge in [0.25, 0.3) is 0 Å². The van der Waals surface area contributed by atoms with Crippen LogP contribution in [0.25, 0.3) is 0 Å². The van der Waals surface area contributed by atoms with Crippen LogP contribution in [0.1, 0.15) is 59.3 Å². The molecule has 0 radical (unpaired) electrons. The molecule has 4 nitrogen and oxygen atoms in total. The number of rotatable bonds is 6. The molecule has 1 atom stereocenters. The quantitative estimate of drug-likeness (QED) is 0.846. The van der Waals surface area contributed by atoms with Gasteiger partial charge in [0.05, 0.1) is 11.7 Å². The lowest BCUT2D eigenvalue weighted by molar-refractivity contribution is 0.103. The highest BCUT2D eigenvalue weighted by Gasteiger charge is 2.34. The molecule has 104 valence electrons. The molecule has 1 aromatic rings. The molecule has 0 aliphatic rings. The SMILES string of the molecule is CCN(CC)C(C)(C)C(N)c1ccnn1C(C)C. The maximum atomic E-state index is 6.51. The summed E-state index contributed by atoms with van der Waals surface area (Å²) in [5.41, 5.74) is 7.54. The fourth-order valence-electron chi connectivity index (χ4n) is 2.60. The first-order chi connectivity index (χ1) is 8.36. The topological polar surface area (TPSA) is 47.1 Å². The fraction of sp³-hybridized carbons (Fsp3) is 0.786. The second kappa shape index (κ2) is 5.85. The summed E-state index contributed by atoms with van der Waals surface area (Å²) in [5.74, 6) is 0. The van der Waals surface area contributed by atoms with E-state index in [1.807, 2.05) is 16.9 Å². The second-order valence-electron chi connectivity index (χ2n) is 5.60. The predicted molar refractivity (Wildman–Crippen MR) is 76.5 cm³/mol. The van der Waals surface area contributed by atoms with Crippen LogP contribution in [0.3, 0.4) is 0 Å². The minimum Gasteiger partial charge on any atom is -0.321 e. The van der Waals surface area contributed by atoms with E-state index in [2.05, 4.69) is 51.5 Å². The highest BCUT2D eigenvalue weighted by molar-refractivity contribution is 5.13. The van der Waals surface area contributed by atoms with Crippen LogP contribution in [-0.2, 0) is 0 Å². The van der Waals surface area contributed by atoms with Gasteiger partial charge in [-0.2, -0.15) is 5.10 Å². The number of hydrogen-bond acceptors (Lipinski definition) is 3. The van der Waals surface area contributed by atoms with Crippen molar-refractivity contribution in [3.8, 4) is 0 Å². The van der Waals surface area contributed by atoms with Crippen LogP contribution in [0.4, 0.5) is 0 Å². The number of aromatic nitrogens is 2. The lowest BCUT2D eigenvalue weighted by atomic mass is 9.90. The first kappa shape index (κ1) is 15.2. The molecule has 2 N–H and O–H groups in total. The largest absolute Gasteiger partial charge is 0.321 e. The van der Waals surface area contributed by atoms with E-state index in [0.29, 0.717) is 6.04 Å². The van der Waals surface area contributed by atoms with Crippen LogP contribution in [-0.4, -0.2) is 33.3 Å². The normalized spacial score (nSPS) is 14.5. The molecule has 0 fully saturated rings. The van der Waals surface area contributed by atoms with Crippen LogP contribution in [0.5, 0.6) is 0 Å². The molecule has 1 aromatic heterocycles. The summed E-state index contributed by atoms with van der Waals surface area (Å²) in [6.07, 6.45) is 1.84. The van der Waals surface area contributed by atoms with E-state index in [1.165, 1.54) is 0 Å². The van der Waals surface area contributed by atoms with E-state index in [-0.39, 0.29) is 11.6 Å². The fourth-order valence-corrected chi connectivity index (χ4v) is 2.60. The highest BCUT2D eigenvalue weighted by Crippen LogP contribution is 2.29. The first-order valence-electron chi connectivity index (χ1n) is 6.90. The van der Waals surface area contributed by atoms with Gasteiger partial charge in [-0.05, 0) is 46.9 Å². The van der Waals surface area contributed by atoms with Gasteiger partial charge < -0.3 is 5.73 Å². The van der Waals surface area contributed by atoms with E-state index in [1.54, 1.807) is 0 Å². The van der Waals surface area contributed by atoms with Gasteiger partial charge in [0, 0.05) is 17.8 Å². The van der Waals surface area contributed by atoms with E-state index in [0.717, 1.165) is 18.8 Å². The minimum absolute atomic E-state index is 0.0395. The Morgan fingerprint density at radius 3 is 2.33 bits per heavy atom. The third-order valence-electron chi connectivity index (χ3n) is 3.85. The van der Waals surface area contributed by atoms with Crippen molar-refractivity contribution in [3.05, 3.63) is 18.0 Å². The Balaban J connectivity index is 3.05. The standard InChI is InChI=1S/C14H28N4/c1-7-17(8-2)14(5,6)13(15)12-9-10-16-18(12)11(3)4/h9-11,13H,7-8,15H2,1-6H3. The zero-order valence-corrected chi connectivity index (χ0v) is 12.6. The van der Waals surface area contributed by atoms with Gasteiger partial charge in [0.15, 0.2) is 0 Å². The highest BCUT2D eigenvalue weighted by atomic mass is 15.3. The van der Waals surface area contributed by atoms with Crippen molar-refractivity contribution in [1.82, 2.24) is 14.7 Å². The Labute approximate surface area is 111 Å². The molecule has 0 spiro atoms. The summed E-state index contributed by atoms with van der Waals surface area (Å²) >= 11 is 0. The van der Waals surface area contributed by atoms with Crippen molar-refractivity contribution in [2.75, 3.05) is 13.1 Å². The van der Waals surface area contributed by atoms with Crippen molar-refractivity contribution in [1.29, 1.82) is 0 Å². The summed E-state index contributed by atoms with van der Waals surface area (Å²) in [7, 11) is 0. The molecule has 0 saturated heterocycles. The summed E-state index contributed by atoms with van der Waals surface area (Å²) in [5, 5.41) is 4.38. The van der Waals surface area contributed by atoms with E-state index in [4.69, 9.17) is 5.73 Å². The van der Waals surface area contributed by atoms with Crippen LogP contribution < -0.4 is 5.73 Å². The molecular formula is C14H28N4. The minimum atomic E-state index is -0.0732. The molecule has 0 aliphatic heterocycles. The molecule has 0 aromatic carbocycles. The third kappa shape index (κ3) is 2.75. The Morgan fingerprint density at radius 2 is 1.89 bits per heavy atom. The molecule has 0 saturated carbocycles. The van der Waals surface area contributed by atoms with Crippen molar-refractivity contribution in [3.63, 3.8) is 0 Å². The molecule has 1 heterocycles. The molecular weight excluding hydrogens is 224 g/mol. The van der Waals surface area contributed by atoms with E-state index in [9.17, 15) is 0 Å². The summed E-state index contributed by atoms with van der Waals surface area (Å²) in [4.78, 5) is 2.40. The Bertz CT molecular complexity index is 364. The van der Waals surface area contributed by atoms with Gasteiger partial charge in [-0.15, -0.1) is 0 Å². The van der Waals surface area contributed by atoms with Gasteiger partial charge >= 0.3 is 0 Å². The number of likely N-dealkylation sites (N-methyl/N-ethyl adjacent to an activating group) is 1.